The van der Waals surface area contributed by atoms with Gasteiger partial charge in [-0.3, -0.25) is 4.68 Å². The van der Waals surface area contributed by atoms with Crippen LogP contribution in [0.3, 0.4) is 0 Å². The quantitative estimate of drug-likeness (QED) is 0.286. The molecular weight excluding hydrogens is 465 g/mol. The number of hydrogen-bond donors (Lipinski definition) is 2. The number of aromatic nitrogens is 2. The molecule has 2 rings (SSSR count). The molecular formula is C21H40IN5O. The number of ether oxygens (including phenoxy) is 1. The summed E-state index contributed by atoms with van der Waals surface area (Å²) in [6.45, 7) is 14.9. The first kappa shape index (κ1) is 25.2. The molecule has 0 bridgehead atoms. The Kier molecular flexibility index (Phi) is 10.8. The van der Waals surface area contributed by atoms with Gasteiger partial charge in [-0.1, -0.05) is 20.3 Å². The van der Waals surface area contributed by atoms with E-state index in [4.69, 9.17) is 9.73 Å². The highest BCUT2D eigenvalue weighted by molar-refractivity contribution is 14.0. The predicted octanol–water partition coefficient (Wildman–Crippen LogP) is 4.04. The second-order valence-electron chi connectivity index (χ2n) is 8.37. The maximum atomic E-state index is 5.18. The number of aliphatic imine (C=N–C) groups is 1. The highest BCUT2D eigenvalue weighted by atomic mass is 127. The molecule has 0 saturated heterocycles. The average molecular weight is 505 g/mol. The van der Waals surface area contributed by atoms with Gasteiger partial charge in [0.15, 0.2) is 5.96 Å². The second kappa shape index (κ2) is 12.0. The zero-order chi connectivity index (χ0) is 19.9. The Morgan fingerprint density at radius 2 is 2.00 bits per heavy atom. The van der Waals surface area contributed by atoms with Crippen molar-refractivity contribution in [2.75, 3.05) is 26.8 Å². The van der Waals surface area contributed by atoms with Crippen molar-refractivity contribution in [3.8, 4) is 0 Å². The van der Waals surface area contributed by atoms with Crippen LogP contribution in [0.25, 0.3) is 0 Å². The molecule has 1 aliphatic rings. The molecule has 0 aliphatic heterocycles. The molecule has 162 valence electrons. The van der Waals surface area contributed by atoms with Crippen LogP contribution in [-0.4, -0.2) is 42.5 Å². The number of rotatable bonds is 10. The Balaban J connectivity index is 0.00000392. The summed E-state index contributed by atoms with van der Waals surface area (Å²) in [5.41, 5.74) is 3.91. The minimum atomic E-state index is 0. The first-order chi connectivity index (χ1) is 12.9. The molecule has 0 aromatic carbocycles. The standard InChI is InChI=1S/C21H39N5O.HI/c1-7-22-20(24-15-21(9-8-10-21)13-16(2)3)23-14-19-17(4)25-26(18(19)5)11-12-27-6;/h16H,7-15H2,1-6H3,(H2,22,23,24);1H. The average Bonchev–Trinajstić information content (AvgIpc) is 2.86. The third-order valence-corrected chi connectivity index (χ3v) is 5.66. The van der Waals surface area contributed by atoms with E-state index in [1.807, 2.05) is 4.68 Å². The fourth-order valence-electron chi connectivity index (χ4n) is 4.13. The van der Waals surface area contributed by atoms with E-state index in [1.54, 1.807) is 7.11 Å². The summed E-state index contributed by atoms with van der Waals surface area (Å²) in [6, 6.07) is 0. The van der Waals surface area contributed by atoms with E-state index >= 15 is 0 Å². The van der Waals surface area contributed by atoms with Crippen LogP contribution in [0.5, 0.6) is 0 Å². The van der Waals surface area contributed by atoms with Crippen molar-refractivity contribution in [3.63, 3.8) is 0 Å². The van der Waals surface area contributed by atoms with Gasteiger partial charge in [0.2, 0.25) is 0 Å². The zero-order valence-corrected chi connectivity index (χ0v) is 20.9. The van der Waals surface area contributed by atoms with E-state index in [9.17, 15) is 0 Å². The molecule has 0 amide bonds. The van der Waals surface area contributed by atoms with Crippen LogP contribution in [0, 0.1) is 25.2 Å². The van der Waals surface area contributed by atoms with Gasteiger partial charge in [-0.2, -0.15) is 5.10 Å². The monoisotopic (exact) mass is 505 g/mol. The third-order valence-electron chi connectivity index (χ3n) is 5.66. The van der Waals surface area contributed by atoms with E-state index in [0.717, 1.165) is 37.2 Å². The third kappa shape index (κ3) is 6.90. The smallest absolute Gasteiger partial charge is 0.191 e. The van der Waals surface area contributed by atoms with Crippen LogP contribution in [-0.2, 0) is 17.8 Å². The molecule has 28 heavy (non-hydrogen) atoms. The number of nitrogens with one attached hydrogen (secondary N) is 2. The molecule has 7 heteroatoms. The van der Waals surface area contributed by atoms with Crippen LogP contribution < -0.4 is 10.6 Å². The number of halogens is 1. The number of aryl methyl sites for hydroxylation is 1. The van der Waals surface area contributed by atoms with Crippen molar-refractivity contribution in [1.29, 1.82) is 0 Å². The largest absolute Gasteiger partial charge is 0.383 e. The summed E-state index contributed by atoms with van der Waals surface area (Å²) in [4.78, 5) is 4.85. The summed E-state index contributed by atoms with van der Waals surface area (Å²) in [7, 11) is 1.72. The fourth-order valence-corrected chi connectivity index (χ4v) is 4.13. The van der Waals surface area contributed by atoms with Crippen LogP contribution in [0.1, 0.15) is 63.4 Å². The van der Waals surface area contributed by atoms with Crippen molar-refractivity contribution in [3.05, 3.63) is 17.0 Å². The molecule has 0 atom stereocenters. The minimum Gasteiger partial charge on any atom is -0.383 e. The molecule has 1 aliphatic carbocycles. The highest BCUT2D eigenvalue weighted by Gasteiger charge is 2.37. The second-order valence-corrected chi connectivity index (χ2v) is 8.37. The van der Waals surface area contributed by atoms with Gasteiger partial charge >= 0.3 is 0 Å². The van der Waals surface area contributed by atoms with E-state index in [0.29, 0.717) is 18.6 Å². The highest BCUT2D eigenvalue weighted by Crippen LogP contribution is 2.45. The van der Waals surface area contributed by atoms with Gasteiger partial charge in [0.05, 0.1) is 25.4 Å². The van der Waals surface area contributed by atoms with E-state index in [-0.39, 0.29) is 24.0 Å². The molecule has 1 aromatic rings. The van der Waals surface area contributed by atoms with Gasteiger partial charge in [-0.15, -0.1) is 24.0 Å². The van der Waals surface area contributed by atoms with Crippen molar-refractivity contribution in [2.45, 2.75) is 73.4 Å². The molecule has 1 fully saturated rings. The van der Waals surface area contributed by atoms with Gasteiger partial charge in [-0.25, -0.2) is 4.99 Å². The summed E-state index contributed by atoms with van der Waals surface area (Å²) in [5, 5.41) is 11.6. The molecule has 1 heterocycles. The van der Waals surface area contributed by atoms with Crippen LogP contribution in [0.4, 0.5) is 0 Å². The molecule has 1 saturated carbocycles. The van der Waals surface area contributed by atoms with E-state index in [1.165, 1.54) is 36.9 Å². The summed E-state index contributed by atoms with van der Waals surface area (Å²) < 4.78 is 7.20. The number of guanidine groups is 1. The topological polar surface area (TPSA) is 63.5 Å². The Bertz CT molecular complexity index is 623. The first-order valence-electron chi connectivity index (χ1n) is 10.4. The number of methoxy groups -OCH3 is 1. The molecule has 2 N–H and O–H groups in total. The van der Waals surface area contributed by atoms with E-state index in [2.05, 4.69) is 50.4 Å². The van der Waals surface area contributed by atoms with Crippen molar-refractivity contribution in [1.82, 2.24) is 20.4 Å². The number of hydrogen-bond acceptors (Lipinski definition) is 3. The summed E-state index contributed by atoms with van der Waals surface area (Å²) in [6.07, 6.45) is 5.33. The Morgan fingerprint density at radius 3 is 2.54 bits per heavy atom. The van der Waals surface area contributed by atoms with Crippen LogP contribution >= 0.6 is 24.0 Å². The van der Waals surface area contributed by atoms with Crippen LogP contribution in [0.15, 0.2) is 4.99 Å². The van der Waals surface area contributed by atoms with Gasteiger partial charge in [0, 0.05) is 31.5 Å². The number of nitrogens with zero attached hydrogens (tertiary/aromatic N) is 3. The lowest BCUT2D eigenvalue weighted by Gasteiger charge is -2.43. The lowest BCUT2D eigenvalue weighted by atomic mass is 9.64. The Labute approximate surface area is 188 Å². The Hall–Kier alpha value is -0.830. The molecule has 0 unspecified atom stereocenters. The fraction of sp³-hybridized carbons (Fsp3) is 0.810. The lowest BCUT2D eigenvalue weighted by Crippen LogP contribution is -2.47. The predicted molar refractivity (Wildman–Crippen MR) is 128 cm³/mol. The van der Waals surface area contributed by atoms with Gasteiger partial charge < -0.3 is 15.4 Å². The van der Waals surface area contributed by atoms with Crippen molar-refractivity contribution < 1.29 is 4.74 Å². The Morgan fingerprint density at radius 1 is 1.29 bits per heavy atom. The van der Waals surface area contributed by atoms with Crippen molar-refractivity contribution >= 4 is 29.9 Å². The van der Waals surface area contributed by atoms with Gasteiger partial charge in [0.25, 0.3) is 0 Å². The first-order valence-corrected chi connectivity index (χ1v) is 10.4. The normalized spacial score (nSPS) is 15.9. The summed E-state index contributed by atoms with van der Waals surface area (Å²) in [5.74, 6) is 1.66. The van der Waals surface area contributed by atoms with Crippen molar-refractivity contribution in [2.24, 2.45) is 16.3 Å². The lowest BCUT2D eigenvalue weighted by molar-refractivity contribution is 0.104. The molecule has 6 nitrogen and oxygen atoms in total. The SMILES string of the molecule is CCNC(=NCc1c(C)nn(CCOC)c1C)NCC1(CC(C)C)CCC1.I. The zero-order valence-electron chi connectivity index (χ0n) is 18.6. The molecule has 1 aromatic heterocycles. The minimum absolute atomic E-state index is 0. The maximum Gasteiger partial charge on any atom is 0.191 e. The molecule has 0 radical (unpaired) electrons. The van der Waals surface area contributed by atoms with Gasteiger partial charge in [0.1, 0.15) is 0 Å². The van der Waals surface area contributed by atoms with Crippen LogP contribution in [0.2, 0.25) is 0 Å². The van der Waals surface area contributed by atoms with E-state index < -0.39 is 0 Å². The summed E-state index contributed by atoms with van der Waals surface area (Å²) >= 11 is 0. The molecule has 0 spiro atoms. The maximum absolute atomic E-state index is 5.18. The van der Waals surface area contributed by atoms with Gasteiger partial charge in [-0.05, 0) is 51.4 Å².